The number of anilines is 1. The molecule has 1 unspecified atom stereocenters. The zero-order valence-electron chi connectivity index (χ0n) is 14.9. The van der Waals surface area contributed by atoms with Crippen molar-refractivity contribution in [3.05, 3.63) is 71.4 Å². The minimum atomic E-state index is -0.618. The molecular weight excluding hydrogens is 346 g/mol. The number of aryl methyl sites for hydroxylation is 1. The van der Waals surface area contributed by atoms with Crippen LogP contribution in [0.3, 0.4) is 0 Å². The summed E-state index contributed by atoms with van der Waals surface area (Å²) in [4.78, 5) is 23.5. The fraction of sp³-hybridized carbons (Fsp3) is 0.150. The second-order valence-electron chi connectivity index (χ2n) is 6.00. The van der Waals surface area contributed by atoms with Gasteiger partial charge in [0.2, 0.25) is 5.91 Å². The van der Waals surface area contributed by atoms with E-state index in [9.17, 15) is 9.59 Å². The largest absolute Gasteiger partial charge is 0.441 e. The Bertz CT molecular complexity index is 949. The second kappa shape index (κ2) is 7.74. The van der Waals surface area contributed by atoms with Crippen LogP contribution >= 0.6 is 0 Å². The summed E-state index contributed by atoms with van der Waals surface area (Å²) in [7, 11) is 0. The summed E-state index contributed by atoms with van der Waals surface area (Å²) in [6.45, 7) is 3.50. The number of benzene rings is 2. The zero-order chi connectivity index (χ0) is 19.4. The predicted molar refractivity (Wildman–Crippen MR) is 100 cm³/mol. The molecule has 3 N–H and O–H groups in total. The van der Waals surface area contributed by atoms with Crippen molar-refractivity contribution in [2.24, 2.45) is 5.73 Å². The topological polar surface area (TPSA) is 107 Å². The Balaban J connectivity index is 1.76. The van der Waals surface area contributed by atoms with Gasteiger partial charge in [-0.25, -0.2) is 4.79 Å². The highest BCUT2D eigenvalue weighted by atomic mass is 16.6. The average Bonchev–Trinajstić information content (AvgIpc) is 3.03. The number of nitrogens with one attached hydrogen (secondary N) is 1. The molecule has 0 aliphatic carbocycles. The number of carbonyl (C=O) groups excluding carboxylic acids is 2. The Labute approximate surface area is 156 Å². The van der Waals surface area contributed by atoms with Crippen molar-refractivity contribution >= 4 is 17.7 Å². The Morgan fingerprint density at radius 3 is 2.41 bits per heavy atom. The molecule has 1 heterocycles. The Kier molecular flexibility index (Phi) is 5.21. The number of amides is 2. The molecule has 2 aromatic carbocycles. The van der Waals surface area contributed by atoms with Gasteiger partial charge in [-0.3, -0.25) is 10.1 Å². The molecule has 0 aliphatic heterocycles. The van der Waals surface area contributed by atoms with Gasteiger partial charge in [-0.1, -0.05) is 47.6 Å². The Hall–Kier alpha value is -3.61. The first-order valence-electron chi connectivity index (χ1n) is 8.35. The maximum Gasteiger partial charge on any atom is 0.412 e. The van der Waals surface area contributed by atoms with Crippen LogP contribution in [-0.4, -0.2) is 17.2 Å². The molecule has 27 heavy (non-hydrogen) atoms. The van der Waals surface area contributed by atoms with Gasteiger partial charge < -0.3 is 15.0 Å². The summed E-state index contributed by atoms with van der Waals surface area (Å²) in [5, 5.41) is 6.59. The first-order valence-corrected chi connectivity index (χ1v) is 8.35. The molecule has 0 aliphatic rings. The van der Waals surface area contributed by atoms with E-state index in [1.54, 1.807) is 38.1 Å². The molecule has 7 heteroatoms. The van der Waals surface area contributed by atoms with Gasteiger partial charge in [0.15, 0.2) is 5.76 Å². The number of rotatable bonds is 5. The van der Waals surface area contributed by atoms with Crippen LogP contribution in [0.4, 0.5) is 10.5 Å². The third-order valence-corrected chi connectivity index (χ3v) is 4.07. The lowest BCUT2D eigenvalue weighted by molar-refractivity contribution is 0.1000. The van der Waals surface area contributed by atoms with Crippen molar-refractivity contribution in [2.75, 3.05) is 5.32 Å². The minimum absolute atomic E-state index is 0.368. The highest BCUT2D eigenvalue weighted by Crippen LogP contribution is 2.31. The molecule has 0 saturated heterocycles. The summed E-state index contributed by atoms with van der Waals surface area (Å²) in [6.07, 6.45) is -1.03. The standard InChI is InChI=1S/C20H19N3O4/c1-12-17(22-20(25)26-13(2)14-6-4-3-5-7-14)18(27-23-12)15-8-10-16(11-9-15)19(21)24/h3-11,13H,1-2H3,(H2,21,24)(H,22,25). The summed E-state index contributed by atoms with van der Waals surface area (Å²) in [6, 6.07) is 15.9. The zero-order valence-corrected chi connectivity index (χ0v) is 14.9. The van der Waals surface area contributed by atoms with Crippen LogP contribution in [0.25, 0.3) is 11.3 Å². The third kappa shape index (κ3) is 4.14. The number of primary amides is 1. The van der Waals surface area contributed by atoms with Crippen molar-refractivity contribution in [3.63, 3.8) is 0 Å². The molecular formula is C20H19N3O4. The van der Waals surface area contributed by atoms with E-state index in [4.69, 9.17) is 15.0 Å². The molecule has 0 saturated carbocycles. The van der Waals surface area contributed by atoms with Crippen molar-refractivity contribution in [3.8, 4) is 11.3 Å². The highest BCUT2D eigenvalue weighted by Gasteiger charge is 2.20. The fourth-order valence-corrected chi connectivity index (χ4v) is 2.58. The molecule has 1 atom stereocenters. The normalized spacial score (nSPS) is 11.6. The molecule has 7 nitrogen and oxygen atoms in total. The molecule has 0 spiro atoms. The van der Waals surface area contributed by atoms with E-state index in [1.165, 1.54) is 0 Å². The van der Waals surface area contributed by atoms with E-state index < -0.39 is 18.1 Å². The predicted octanol–water partition coefficient (Wildman–Crippen LogP) is 4.06. The third-order valence-electron chi connectivity index (χ3n) is 4.07. The smallest absolute Gasteiger partial charge is 0.412 e. The van der Waals surface area contributed by atoms with E-state index in [2.05, 4.69) is 10.5 Å². The SMILES string of the molecule is Cc1noc(-c2ccc(C(N)=O)cc2)c1NC(=O)OC(C)c1ccccc1. The lowest BCUT2D eigenvalue weighted by Crippen LogP contribution is -2.16. The van der Waals surface area contributed by atoms with Gasteiger partial charge in [0.05, 0.1) is 0 Å². The van der Waals surface area contributed by atoms with Gasteiger partial charge in [-0.05, 0) is 31.5 Å². The quantitative estimate of drug-likeness (QED) is 0.709. The van der Waals surface area contributed by atoms with E-state index in [1.807, 2.05) is 30.3 Å². The van der Waals surface area contributed by atoms with Crippen LogP contribution in [0.5, 0.6) is 0 Å². The molecule has 138 valence electrons. The summed E-state index contributed by atoms with van der Waals surface area (Å²) >= 11 is 0. The summed E-state index contributed by atoms with van der Waals surface area (Å²) < 4.78 is 10.8. The van der Waals surface area contributed by atoms with Gasteiger partial charge in [0.1, 0.15) is 17.5 Å². The molecule has 1 aromatic heterocycles. The monoisotopic (exact) mass is 365 g/mol. The number of hydrogen-bond acceptors (Lipinski definition) is 5. The van der Waals surface area contributed by atoms with Crippen LogP contribution in [0.15, 0.2) is 59.1 Å². The van der Waals surface area contributed by atoms with Crippen LogP contribution in [0, 0.1) is 6.92 Å². The van der Waals surface area contributed by atoms with Crippen molar-refractivity contribution in [1.82, 2.24) is 5.16 Å². The van der Waals surface area contributed by atoms with Crippen LogP contribution < -0.4 is 11.1 Å². The lowest BCUT2D eigenvalue weighted by atomic mass is 10.1. The van der Waals surface area contributed by atoms with Crippen molar-refractivity contribution in [1.29, 1.82) is 0 Å². The van der Waals surface area contributed by atoms with Gasteiger partial charge in [-0.2, -0.15) is 0 Å². The molecule has 3 aromatic rings. The number of aromatic nitrogens is 1. The average molecular weight is 365 g/mol. The first kappa shape index (κ1) is 18.2. The fourth-order valence-electron chi connectivity index (χ4n) is 2.58. The molecule has 3 rings (SSSR count). The van der Waals surface area contributed by atoms with Gasteiger partial charge in [0, 0.05) is 11.1 Å². The van der Waals surface area contributed by atoms with Gasteiger partial charge in [0.25, 0.3) is 0 Å². The van der Waals surface area contributed by atoms with Crippen LogP contribution in [-0.2, 0) is 4.74 Å². The minimum Gasteiger partial charge on any atom is -0.441 e. The van der Waals surface area contributed by atoms with Crippen LogP contribution in [0.2, 0.25) is 0 Å². The first-order chi connectivity index (χ1) is 13.0. The number of hydrogen-bond donors (Lipinski definition) is 2. The van der Waals surface area contributed by atoms with Gasteiger partial charge >= 0.3 is 6.09 Å². The summed E-state index contributed by atoms with van der Waals surface area (Å²) in [5.41, 5.74) is 8.07. The molecule has 2 amide bonds. The summed E-state index contributed by atoms with van der Waals surface area (Å²) in [5.74, 6) is -0.153. The highest BCUT2D eigenvalue weighted by molar-refractivity contribution is 5.94. The van der Waals surface area contributed by atoms with E-state index >= 15 is 0 Å². The number of nitrogens with two attached hydrogens (primary N) is 1. The van der Waals surface area contributed by atoms with E-state index in [-0.39, 0.29) is 0 Å². The maximum atomic E-state index is 12.3. The molecule has 0 bridgehead atoms. The van der Waals surface area contributed by atoms with E-state index in [0.29, 0.717) is 28.3 Å². The molecule has 0 fully saturated rings. The molecule has 0 radical (unpaired) electrons. The van der Waals surface area contributed by atoms with Crippen molar-refractivity contribution < 1.29 is 18.8 Å². The second-order valence-corrected chi connectivity index (χ2v) is 6.00. The Morgan fingerprint density at radius 1 is 1.11 bits per heavy atom. The van der Waals surface area contributed by atoms with Gasteiger partial charge in [-0.15, -0.1) is 0 Å². The Morgan fingerprint density at radius 2 is 1.78 bits per heavy atom. The lowest BCUT2D eigenvalue weighted by Gasteiger charge is -2.14. The number of carbonyl (C=O) groups is 2. The van der Waals surface area contributed by atoms with Crippen molar-refractivity contribution in [2.45, 2.75) is 20.0 Å². The number of ether oxygens (including phenoxy) is 1. The van der Waals surface area contributed by atoms with Crippen LogP contribution in [0.1, 0.15) is 34.6 Å². The number of nitrogens with zero attached hydrogens (tertiary/aromatic N) is 1. The maximum absolute atomic E-state index is 12.3. The van der Waals surface area contributed by atoms with E-state index in [0.717, 1.165) is 5.56 Å².